The van der Waals surface area contributed by atoms with Gasteiger partial charge in [0.05, 0.1) is 0 Å². The first-order chi connectivity index (χ1) is 16.5. The number of ether oxygens (including phenoxy) is 1. The van der Waals surface area contributed by atoms with Crippen molar-refractivity contribution in [1.29, 1.82) is 0 Å². The number of carbonyl (C=O) groups is 4. The summed E-state index contributed by atoms with van der Waals surface area (Å²) in [5, 5.41) is 16.9. The Hall–Kier alpha value is -2.90. The molecule has 0 saturated carbocycles. The van der Waals surface area contributed by atoms with Gasteiger partial charge in [0.25, 0.3) is 19.2 Å². The number of carboxylic acids is 1. The number of nitrogens with two attached hydrogens (primary N) is 1. The van der Waals surface area contributed by atoms with Crippen molar-refractivity contribution in [2.75, 3.05) is 30.4 Å². The third-order valence-corrected chi connectivity index (χ3v) is 9.53. The lowest BCUT2D eigenvalue weighted by atomic mass is 10.0. The zero-order chi connectivity index (χ0) is 25.9. The molecule has 2 atom stereocenters. The molecular formula is C19H24N5O8PS2. The number of carboxylic acid groups (broad SMARTS) is 1. The van der Waals surface area contributed by atoms with E-state index in [2.05, 4.69) is 15.5 Å². The van der Waals surface area contributed by atoms with E-state index in [0.29, 0.717) is 0 Å². The van der Waals surface area contributed by atoms with Crippen LogP contribution in [-0.4, -0.2) is 80.6 Å². The lowest BCUT2D eigenvalue weighted by Gasteiger charge is -2.49. The van der Waals surface area contributed by atoms with Gasteiger partial charge in [0, 0.05) is 36.0 Å². The molecule has 0 unspecified atom stereocenters. The van der Waals surface area contributed by atoms with E-state index in [-0.39, 0.29) is 52.5 Å². The zero-order valence-corrected chi connectivity index (χ0v) is 21.6. The summed E-state index contributed by atoms with van der Waals surface area (Å²) in [7, 11) is -3.10. The van der Waals surface area contributed by atoms with Gasteiger partial charge in [-0.05, 0) is 0 Å². The minimum Gasteiger partial charge on any atom is -0.477 e. The summed E-state index contributed by atoms with van der Waals surface area (Å²) in [6.45, 7) is 4.28. The lowest BCUT2D eigenvalue weighted by molar-refractivity contribution is -0.150. The number of thiazole rings is 1. The molecule has 0 aromatic carbocycles. The third-order valence-electron chi connectivity index (χ3n) is 5.21. The van der Waals surface area contributed by atoms with Gasteiger partial charge in [0.1, 0.15) is 29.4 Å². The molecule has 3 heterocycles. The summed E-state index contributed by atoms with van der Waals surface area (Å²) in [5.41, 5.74) is 5.44. The molecule has 2 aliphatic heterocycles. The summed E-state index contributed by atoms with van der Waals surface area (Å²) in [6, 6.07) is -1.05. The highest BCUT2D eigenvalue weighted by atomic mass is 32.2. The molecule has 0 spiro atoms. The van der Waals surface area contributed by atoms with E-state index < -0.39 is 42.5 Å². The number of aromatic nitrogens is 1. The fraction of sp³-hybridized carbons (Fsp3) is 0.474. The molecule has 2 aliphatic rings. The van der Waals surface area contributed by atoms with E-state index in [4.69, 9.17) is 15.1 Å². The normalized spacial score (nSPS) is 20.1. The van der Waals surface area contributed by atoms with Gasteiger partial charge >= 0.3 is 11.9 Å². The number of nitrogens with zero attached hydrogens (tertiary/aromatic N) is 3. The van der Waals surface area contributed by atoms with Crippen molar-refractivity contribution in [3.8, 4) is 0 Å². The van der Waals surface area contributed by atoms with Crippen molar-refractivity contribution in [2.45, 2.75) is 32.2 Å². The average Bonchev–Trinajstić information content (AvgIpc) is 3.25. The number of aliphatic carboxylic acids is 1. The lowest BCUT2D eigenvalue weighted by Crippen LogP contribution is -2.71. The van der Waals surface area contributed by atoms with Gasteiger partial charge in [-0.15, -0.1) is 23.1 Å². The van der Waals surface area contributed by atoms with Gasteiger partial charge in [0.15, 0.2) is 10.8 Å². The van der Waals surface area contributed by atoms with Crippen LogP contribution in [0.4, 0.5) is 5.13 Å². The molecule has 0 radical (unpaired) electrons. The molecular weight excluding hydrogens is 521 g/mol. The number of nitrogen functional groups attached to an aromatic ring is 1. The van der Waals surface area contributed by atoms with Gasteiger partial charge in [-0.1, -0.05) is 19.0 Å². The fourth-order valence-corrected chi connectivity index (χ4v) is 6.03. The second-order valence-corrected chi connectivity index (χ2v) is 12.5. The second-order valence-electron chi connectivity index (χ2n) is 7.44. The van der Waals surface area contributed by atoms with Crippen LogP contribution in [0.5, 0.6) is 0 Å². The van der Waals surface area contributed by atoms with Crippen molar-refractivity contribution in [3.05, 3.63) is 22.3 Å². The first kappa shape index (κ1) is 26.7. The predicted molar refractivity (Wildman–Crippen MR) is 129 cm³/mol. The molecule has 1 aromatic heterocycles. The van der Waals surface area contributed by atoms with Crippen molar-refractivity contribution in [1.82, 2.24) is 15.2 Å². The van der Waals surface area contributed by atoms with Crippen LogP contribution in [0, 0.1) is 0 Å². The predicted octanol–water partition coefficient (Wildman–Crippen LogP) is 1.07. The zero-order valence-electron chi connectivity index (χ0n) is 19.0. The maximum Gasteiger partial charge on any atom is 0.352 e. The second kappa shape index (κ2) is 10.8. The van der Waals surface area contributed by atoms with Gasteiger partial charge in [0.2, 0.25) is 0 Å². The molecule has 1 aromatic rings. The summed E-state index contributed by atoms with van der Waals surface area (Å²) in [6.07, 6.45) is 0.408. The number of nitrogens with one attached hydrogen (secondary N) is 1. The Labute approximate surface area is 208 Å². The Morgan fingerprint density at radius 3 is 2.60 bits per heavy atom. The number of hydrogen-bond donors (Lipinski definition) is 3. The number of thioether (sulfide) groups is 1. The van der Waals surface area contributed by atoms with E-state index in [0.717, 1.165) is 16.2 Å². The molecule has 2 amide bonds. The first-order valence-electron chi connectivity index (χ1n) is 10.4. The SMILES string of the molecule is CCP(=O)(CC)ON=C(C(=O)N[C@H]1C(=O)N2C(C(=O)O)=C(COC(C)=O)CS[C@H]12)c1csc(N)n1. The molecule has 3 rings (SSSR count). The molecule has 13 nitrogen and oxygen atoms in total. The molecule has 0 bridgehead atoms. The molecule has 190 valence electrons. The monoisotopic (exact) mass is 545 g/mol. The number of fused-ring (bicyclic) bond motifs is 1. The van der Waals surface area contributed by atoms with E-state index >= 15 is 0 Å². The van der Waals surface area contributed by atoms with Crippen molar-refractivity contribution >= 4 is 65.1 Å². The molecule has 4 N–H and O–H groups in total. The molecule has 0 aliphatic carbocycles. The van der Waals surface area contributed by atoms with Gasteiger partial charge in [-0.3, -0.25) is 23.8 Å². The van der Waals surface area contributed by atoms with Crippen LogP contribution in [0.25, 0.3) is 0 Å². The first-order valence-corrected chi connectivity index (χ1v) is 14.3. The van der Waals surface area contributed by atoms with Crippen molar-refractivity contribution in [2.24, 2.45) is 5.16 Å². The summed E-state index contributed by atoms with van der Waals surface area (Å²) < 4.78 is 22.7. The average molecular weight is 546 g/mol. The highest BCUT2D eigenvalue weighted by Crippen LogP contribution is 2.46. The van der Waals surface area contributed by atoms with Crippen LogP contribution in [0.3, 0.4) is 0 Å². The number of β-lactam (4-membered cyclic amide) rings is 1. The number of amides is 2. The number of oxime groups is 1. The van der Waals surface area contributed by atoms with E-state index in [1.165, 1.54) is 24.1 Å². The standard InChI is InChI=1S/C19H24N5O8PS2/c1-4-33(30,5-2)32-23-12(11-8-35-19(20)21-11)15(26)22-13-16(27)24-14(18(28)29)10(6-31-9(3)25)7-34-17(13)24/h8,13,17H,4-7H2,1-3H3,(H2,20,21)(H,22,26)(H,28,29)/t13-,17+/m0/s1. The molecule has 1 fully saturated rings. The maximum atomic E-state index is 13.1. The Morgan fingerprint density at radius 1 is 1.37 bits per heavy atom. The van der Waals surface area contributed by atoms with Crippen LogP contribution in [0.1, 0.15) is 26.5 Å². The van der Waals surface area contributed by atoms with Crippen LogP contribution < -0.4 is 11.1 Å². The van der Waals surface area contributed by atoms with Gasteiger partial charge in [-0.25, -0.2) is 9.78 Å². The Bertz CT molecular complexity index is 1160. The number of hydrogen-bond acceptors (Lipinski definition) is 12. The summed E-state index contributed by atoms with van der Waals surface area (Å²) >= 11 is 2.27. The van der Waals surface area contributed by atoms with Gasteiger partial charge in [-0.2, -0.15) is 0 Å². The van der Waals surface area contributed by atoms with Crippen LogP contribution in [-0.2, 0) is 33.1 Å². The minimum absolute atomic E-state index is 0.0819. The highest BCUT2D eigenvalue weighted by Gasteiger charge is 2.54. The Morgan fingerprint density at radius 2 is 2.06 bits per heavy atom. The topological polar surface area (TPSA) is 191 Å². The van der Waals surface area contributed by atoms with E-state index in [1.807, 2.05) is 0 Å². The van der Waals surface area contributed by atoms with Crippen LogP contribution in [0.2, 0.25) is 0 Å². The molecule has 35 heavy (non-hydrogen) atoms. The highest BCUT2D eigenvalue weighted by molar-refractivity contribution is 8.00. The maximum absolute atomic E-state index is 13.1. The Balaban J connectivity index is 1.82. The van der Waals surface area contributed by atoms with Crippen LogP contribution in [0.15, 0.2) is 21.8 Å². The largest absolute Gasteiger partial charge is 0.477 e. The Kier molecular flexibility index (Phi) is 8.23. The van der Waals surface area contributed by atoms with E-state index in [9.17, 15) is 28.8 Å². The van der Waals surface area contributed by atoms with E-state index in [1.54, 1.807) is 13.8 Å². The smallest absolute Gasteiger partial charge is 0.352 e. The van der Waals surface area contributed by atoms with Crippen molar-refractivity contribution < 1.29 is 38.2 Å². The quantitative estimate of drug-likeness (QED) is 0.125. The minimum atomic E-state index is -3.10. The number of anilines is 1. The molecule has 16 heteroatoms. The van der Waals surface area contributed by atoms with Gasteiger partial charge < -0.3 is 25.5 Å². The number of rotatable bonds is 10. The fourth-order valence-electron chi connectivity index (χ4n) is 3.25. The van der Waals surface area contributed by atoms with Crippen molar-refractivity contribution in [3.63, 3.8) is 0 Å². The summed E-state index contributed by atoms with van der Waals surface area (Å²) in [5.74, 6) is -3.22. The van der Waals surface area contributed by atoms with Crippen LogP contribution >= 0.6 is 30.5 Å². The molecule has 1 saturated heterocycles. The number of esters is 1. The summed E-state index contributed by atoms with van der Waals surface area (Å²) in [4.78, 5) is 53.9. The number of carbonyl (C=O) groups excluding carboxylic acids is 3. The third kappa shape index (κ3) is 5.68.